The van der Waals surface area contributed by atoms with Gasteiger partial charge in [0.1, 0.15) is 5.75 Å². The third-order valence-electron chi connectivity index (χ3n) is 3.88. The summed E-state index contributed by atoms with van der Waals surface area (Å²) in [5.41, 5.74) is 3.74. The summed E-state index contributed by atoms with van der Waals surface area (Å²) < 4.78 is 0. The summed E-state index contributed by atoms with van der Waals surface area (Å²) >= 11 is 0. The third kappa shape index (κ3) is 4.22. The van der Waals surface area contributed by atoms with Crippen LogP contribution in [0.3, 0.4) is 0 Å². The van der Waals surface area contributed by atoms with Crippen molar-refractivity contribution in [1.82, 2.24) is 4.98 Å². The van der Waals surface area contributed by atoms with Gasteiger partial charge in [-0.3, -0.25) is 4.98 Å². The molecule has 0 aliphatic carbocycles. The molecule has 1 heterocycles. The summed E-state index contributed by atoms with van der Waals surface area (Å²) in [5.74, 6) is 0.417. The highest BCUT2D eigenvalue weighted by molar-refractivity contribution is 5.70. The second kappa shape index (κ2) is 6.19. The first kappa shape index (κ1) is 17.3. The molecule has 1 aromatic carbocycles. The Labute approximate surface area is 139 Å². The van der Waals surface area contributed by atoms with E-state index in [-0.39, 0.29) is 10.8 Å². The molecule has 0 saturated carbocycles. The zero-order valence-corrected chi connectivity index (χ0v) is 15.0. The lowest BCUT2D eigenvalue weighted by Crippen LogP contribution is -2.17. The standard InChI is InChI=1S/C21H27NO/c1-20(2,3)17-13-15(10-11-16-9-7-8-12-22-16)14-18(19(17)23)21(4,5)6/h7-14,23H,1-6H3. The largest absolute Gasteiger partial charge is 0.507 e. The van der Waals surface area contributed by atoms with E-state index in [1.807, 2.05) is 24.3 Å². The van der Waals surface area contributed by atoms with Crippen LogP contribution in [0.4, 0.5) is 0 Å². The molecule has 0 amide bonds. The van der Waals surface area contributed by atoms with Crippen LogP contribution in [0, 0.1) is 0 Å². The predicted octanol–water partition coefficient (Wildman–Crippen LogP) is 5.55. The number of phenolic OH excluding ortho intramolecular Hbond substituents is 1. The molecule has 2 heteroatoms. The highest BCUT2D eigenvalue weighted by Crippen LogP contribution is 2.40. The zero-order valence-electron chi connectivity index (χ0n) is 15.0. The molecule has 0 aliphatic heterocycles. The first-order chi connectivity index (χ1) is 10.6. The second-order valence-corrected chi connectivity index (χ2v) is 8.05. The van der Waals surface area contributed by atoms with Gasteiger partial charge in [-0.25, -0.2) is 0 Å². The molecule has 2 aromatic rings. The lowest BCUT2D eigenvalue weighted by atomic mass is 9.78. The van der Waals surface area contributed by atoms with E-state index in [9.17, 15) is 5.11 Å². The van der Waals surface area contributed by atoms with Crippen molar-refractivity contribution in [1.29, 1.82) is 0 Å². The number of nitrogens with zero attached hydrogens (tertiary/aromatic N) is 1. The number of benzene rings is 1. The van der Waals surface area contributed by atoms with Crippen LogP contribution in [0.2, 0.25) is 0 Å². The van der Waals surface area contributed by atoms with Gasteiger partial charge in [-0.15, -0.1) is 0 Å². The van der Waals surface area contributed by atoms with Gasteiger partial charge in [0, 0.05) is 17.3 Å². The summed E-state index contributed by atoms with van der Waals surface area (Å²) in [6, 6.07) is 10.0. The Morgan fingerprint density at radius 1 is 0.870 bits per heavy atom. The van der Waals surface area contributed by atoms with Crippen molar-refractivity contribution in [2.75, 3.05) is 0 Å². The molecule has 0 aliphatic rings. The van der Waals surface area contributed by atoms with Crippen LogP contribution in [0.15, 0.2) is 36.5 Å². The number of hydrogen-bond donors (Lipinski definition) is 1. The van der Waals surface area contributed by atoms with Crippen molar-refractivity contribution in [2.45, 2.75) is 52.4 Å². The summed E-state index contributed by atoms with van der Waals surface area (Å²) in [6.07, 6.45) is 5.86. The highest BCUT2D eigenvalue weighted by Gasteiger charge is 2.26. The minimum absolute atomic E-state index is 0.112. The highest BCUT2D eigenvalue weighted by atomic mass is 16.3. The molecule has 1 N–H and O–H groups in total. The number of aromatic hydroxyl groups is 1. The molecule has 23 heavy (non-hydrogen) atoms. The lowest BCUT2D eigenvalue weighted by molar-refractivity contribution is 0.423. The van der Waals surface area contributed by atoms with Gasteiger partial charge in [-0.2, -0.15) is 0 Å². The smallest absolute Gasteiger partial charge is 0.123 e. The van der Waals surface area contributed by atoms with E-state index >= 15 is 0 Å². The van der Waals surface area contributed by atoms with E-state index < -0.39 is 0 Å². The van der Waals surface area contributed by atoms with Gasteiger partial charge in [-0.1, -0.05) is 53.7 Å². The van der Waals surface area contributed by atoms with Gasteiger partial charge in [-0.05, 0) is 46.7 Å². The Morgan fingerprint density at radius 3 is 1.87 bits per heavy atom. The Kier molecular flexibility index (Phi) is 4.65. The number of rotatable bonds is 2. The fraction of sp³-hybridized carbons (Fsp3) is 0.381. The van der Waals surface area contributed by atoms with Crippen LogP contribution < -0.4 is 0 Å². The molecule has 1 aromatic heterocycles. The molecule has 2 rings (SSSR count). The Bertz CT molecular complexity index is 666. The molecule has 122 valence electrons. The summed E-state index contributed by atoms with van der Waals surface area (Å²) in [7, 11) is 0. The molecule has 0 bridgehead atoms. The van der Waals surface area contributed by atoms with Crippen LogP contribution >= 0.6 is 0 Å². The number of phenols is 1. The summed E-state index contributed by atoms with van der Waals surface area (Å²) in [6.45, 7) is 12.8. The Balaban J connectivity index is 2.54. The van der Waals surface area contributed by atoms with Crippen molar-refractivity contribution < 1.29 is 5.11 Å². The van der Waals surface area contributed by atoms with Crippen LogP contribution in [0.5, 0.6) is 5.75 Å². The number of pyridine rings is 1. The topological polar surface area (TPSA) is 33.1 Å². The SMILES string of the molecule is CC(C)(C)c1cc(C=Cc2ccccn2)cc(C(C)(C)C)c1O. The molecule has 0 radical (unpaired) electrons. The van der Waals surface area contributed by atoms with Gasteiger partial charge in [0.05, 0.1) is 5.69 Å². The van der Waals surface area contributed by atoms with Crippen LogP contribution in [-0.2, 0) is 10.8 Å². The van der Waals surface area contributed by atoms with Crippen molar-refractivity contribution >= 4 is 12.2 Å². The van der Waals surface area contributed by atoms with Crippen molar-refractivity contribution in [3.63, 3.8) is 0 Å². The van der Waals surface area contributed by atoms with E-state index in [1.165, 1.54) is 0 Å². The molecule has 0 saturated heterocycles. The maximum absolute atomic E-state index is 10.7. The van der Waals surface area contributed by atoms with Crippen LogP contribution in [0.1, 0.15) is 63.9 Å². The van der Waals surface area contributed by atoms with Crippen molar-refractivity contribution in [3.8, 4) is 5.75 Å². The maximum atomic E-state index is 10.7. The Hall–Kier alpha value is -2.09. The number of aromatic nitrogens is 1. The average molecular weight is 309 g/mol. The molecule has 0 spiro atoms. The molecular formula is C21H27NO. The predicted molar refractivity (Wildman–Crippen MR) is 98.7 cm³/mol. The third-order valence-corrected chi connectivity index (χ3v) is 3.88. The van der Waals surface area contributed by atoms with E-state index in [1.54, 1.807) is 6.20 Å². The van der Waals surface area contributed by atoms with Gasteiger partial charge < -0.3 is 5.11 Å². The molecular weight excluding hydrogens is 282 g/mol. The van der Waals surface area contributed by atoms with Gasteiger partial charge in [0.15, 0.2) is 0 Å². The van der Waals surface area contributed by atoms with Gasteiger partial charge >= 0.3 is 0 Å². The van der Waals surface area contributed by atoms with E-state index in [0.29, 0.717) is 5.75 Å². The van der Waals surface area contributed by atoms with E-state index in [0.717, 1.165) is 22.4 Å². The first-order valence-electron chi connectivity index (χ1n) is 8.06. The first-order valence-corrected chi connectivity index (χ1v) is 8.06. The van der Waals surface area contributed by atoms with Crippen LogP contribution in [-0.4, -0.2) is 10.1 Å². The maximum Gasteiger partial charge on any atom is 0.123 e. The fourth-order valence-corrected chi connectivity index (χ4v) is 2.55. The Morgan fingerprint density at radius 2 is 1.43 bits per heavy atom. The summed E-state index contributed by atoms with van der Waals surface area (Å²) in [4.78, 5) is 4.32. The van der Waals surface area contributed by atoms with Crippen molar-refractivity contribution in [3.05, 3.63) is 58.9 Å². The summed E-state index contributed by atoms with van der Waals surface area (Å²) in [5, 5.41) is 10.7. The lowest BCUT2D eigenvalue weighted by Gasteiger charge is -2.27. The van der Waals surface area contributed by atoms with E-state index in [4.69, 9.17) is 0 Å². The van der Waals surface area contributed by atoms with Crippen LogP contribution in [0.25, 0.3) is 12.2 Å². The van der Waals surface area contributed by atoms with Gasteiger partial charge in [0.2, 0.25) is 0 Å². The van der Waals surface area contributed by atoms with Gasteiger partial charge in [0.25, 0.3) is 0 Å². The molecule has 0 atom stereocenters. The zero-order chi connectivity index (χ0) is 17.3. The molecule has 2 nitrogen and oxygen atoms in total. The monoisotopic (exact) mass is 309 g/mol. The minimum Gasteiger partial charge on any atom is -0.507 e. The molecule has 0 fully saturated rings. The minimum atomic E-state index is -0.112. The van der Waals surface area contributed by atoms with E-state index in [2.05, 4.69) is 64.7 Å². The molecule has 0 unspecified atom stereocenters. The fourth-order valence-electron chi connectivity index (χ4n) is 2.55. The van der Waals surface area contributed by atoms with Crippen molar-refractivity contribution in [2.24, 2.45) is 0 Å². The second-order valence-electron chi connectivity index (χ2n) is 8.05. The number of hydrogen-bond acceptors (Lipinski definition) is 2. The normalized spacial score (nSPS) is 12.8. The quantitative estimate of drug-likeness (QED) is 0.788. The average Bonchev–Trinajstić information content (AvgIpc) is 2.44.